The van der Waals surface area contributed by atoms with E-state index in [4.69, 9.17) is 9.47 Å². The first kappa shape index (κ1) is 12.8. The fourth-order valence-corrected chi connectivity index (χ4v) is 2.33. The number of carbonyl (C=O) groups excluding carboxylic acids is 1. The molecule has 98 valence electrons. The molecule has 3 atom stereocenters. The molecule has 0 aromatic carbocycles. The molecule has 0 saturated carbocycles. The summed E-state index contributed by atoms with van der Waals surface area (Å²) in [6, 6.07) is 0. The molecule has 0 aromatic heterocycles. The monoisotopic (exact) mass is 243 g/mol. The summed E-state index contributed by atoms with van der Waals surface area (Å²) in [6.45, 7) is 3.90. The third-order valence-electron chi connectivity index (χ3n) is 3.76. The van der Waals surface area contributed by atoms with E-state index in [-0.39, 0.29) is 24.5 Å². The molecule has 3 unspecified atom stereocenters. The van der Waals surface area contributed by atoms with Crippen LogP contribution in [0.4, 0.5) is 0 Å². The van der Waals surface area contributed by atoms with Crippen molar-refractivity contribution < 1.29 is 19.4 Å². The van der Waals surface area contributed by atoms with Gasteiger partial charge in [0.1, 0.15) is 5.60 Å². The summed E-state index contributed by atoms with van der Waals surface area (Å²) in [5, 5.41) is 13.1. The van der Waals surface area contributed by atoms with E-state index in [1.54, 1.807) is 0 Å². The lowest BCUT2D eigenvalue weighted by atomic mass is 9.95. The second-order valence-corrected chi connectivity index (χ2v) is 5.00. The van der Waals surface area contributed by atoms with E-state index in [2.05, 4.69) is 5.32 Å². The van der Waals surface area contributed by atoms with E-state index in [0.29, 0.717) is 19.6 Å². The SMILES string of the molecule is CC1OCCC1(O)CNC(=O)C1CCCOC1. The zero-order chi connectivity index (χ0) is 12.3. The van der Waals surface area contributed by atoms with E-state index in [1.807, 2.05) is 6.92 Å². The Kier molecular flexibility index (Phi) is 4.01. The minimum Gasteiger partial charge on any atom is -0.385 e. The molecule has 2 heterocycles. The largest absolute Gasteiger partial charge is 0.385 e. The van der Waals surface area contributed by atoms with Crippen LogP contribution in [0.2, 0.25) is 0 Å². The zero-order valence-electron chi connectivity index (χ0n) is 10.3. The van der Waals surface area contributed by atoms with Gasteiger partial charge in [0.05, 0.1) is 18.6 Å². The number of ether oxygens (including phenoxy) is 2. The van der Waals surface area contributed by atoms with Crippen LogP contribution >= 0.6 is 0 Å². The molecule has 2 N–H and O–H groups in total. The van der Waals surface area contributed by atoms with Crippen molar-refractivity contribution in [2.24, 2.45) is 5.92 Å². The highest BCUT2D eigenvalue weighted by molar-refractivity contribution is 5.78. The quantitative estimate of drug-likeness (QED) is 0.736. The van der Waals surface area contributed by atoms with E-state index in [9.17, 15) is 9.90 Å². The Labute approximate surface area is 101 Å². The summed E-state index contributed by atoms with van der Waals surface area (Å²) in [6.07, 6.45) is 2.17. The lowest BCUT2D eigenvalue weighted by Crippen LogP contribution is -2.49. The van der Waals surface area contributed by atoms with E-state index in [1.165, 1.54) is 0 Å². The molecule has 0 radical (unpaired) electrons. The van der Waals surface area contributed by atoms with E-state index >= 15 is 0 Å². The van der Waals surface area contributed by atoms with Crippen LogP contribution in [0.15, 0.2) is 0 Å². The number of amides is 1. The first-order chi connectivity index (χ1) is 8.12. The third kappa shape index (κ3) is 2.97. The van der Waals surface area contributed by atoms with Gasteiger partial charge < -0.3 is 19.9 Å². The topological polar surface area (TPSA) is 67.8 Å². The number of aliphatic hydroxyl groups is 1. The van der Waals surface area contributed by atoms with Crippen molar-refractivity contribution in [2.45, 2.75) is 37.9 Å². The number of hydrogen-bond acceptors (Lipinski definition) is 4. The Balaban J connectivity index is 1.79. The molecular formula is C12H21NO4. The molecule has 0 aromatic rings. The molecular weight excluding hydrogens is 222 g/mol. The van der Waals surface area contributed by atoms with E-state index in [0.717, 1.165) is 19.4 Å². The summed E-state index contributed by atoms with van der Waals surface area (Å²) < 4.78 is 10.6. The van der Waals surface area contributed by atoms with Crippen molar-refractivity contribution in [2.75, 3.05) is 26.4 Å². The molecule has 1 amide bonds. The maximum atomic E-state index is 11.9. The van der Waals surface area contributed by atoms with Crippen molar-refractivity contribution in [3.05, 3.63) is 0 Å². The number of carbonyl (C=O) groups is 1. The average Bonchev–Trinajstić information content (AvgIpc) is 2.68. The molecule has 5 heteroatoms. The molecule has 5 nitrogen and oxygen atoms in total. The molecule has 2 aliphatic rings. The Hall–Kier alpha value is -0.650. The zero-order valence-corrected chi connectivity index (χ0v) is 10.3. The van der Waals surface area contributed by atoms with Gasteiger partial charge in [-0.3, -0.25) is 4.79 Å². The van der Waals surface area contributed by atoms with Crippen molar-refractivity contribution in [1.29, 1.82) is 0 Å². The number of hydrogen-bond donors (Lipinski definition) is 2. The predicted molar refractivity (Wildman–Crippen MR) is 61.5 cm³/mol. The number of rotatable bonds is 3. The highest BCUT2D eigenvalue weighted by Crippen LogP contribution is 2.25. The molecule has 0 aliphatic carbocycles. The fourth-order valence-electron chi connectivity index (χ4n) is 2.33. The van der Waals surface area contributed by atoms with Crippen LogP contribution in [0.3, 0.4) is 0 Å². The summed E-state index contributed by atoms with van der Waals surface area (Å²) in [5.41, 5.74) is -0.912. The number of nitrogens with one attached hydrogen (secondary N) is 1. The summed E-state index contributed by atoms with van der Waals surface area (Å²) in [7, 11) is 0. The lowest BCUT2D eigenvalue weighted by molar-refractivity contribution is -0.130. The molecule has 2 saturated heterocycles. The van der Waals surface area contributed by atoms with Gasteiger partial charge in [-0.1, -0.05) is 0 Å². The van der Waals surface area contributed by atoms with Gasteiger partial charge in [0, 0.05) is 26.2 Å². The lowest BCUT2D eigenvalue weighted by Gasteiger charge is -2.28. The first-order valence-corrected chi connectivity index (χ1v) is 6.31. The van der Waals surface area contributed by atoms with Gasteiger partial charge in [0.25, 0.3) is 0 Å². The predicted octanol–water partition coefficient (Wildman–Crippen LogP) is 0.0691. The van der Waals surface area contributed by atoms with Gasteiger partial charge >= 0.3 is 0 Å². The minimum atomic E-state index is -0.912. The van der Waals surface area contributed by atoms with Gasteiger partial charge in [0.15, 0.2) is 0 Å². The smallest absolute Gasteiger partial charge is 0.225 e. The fraction of sp³-hybridized carbons (Fsp3) is 0.917. The highest BCUT2D eigenvalue weighted by atomic mass is 16.5. The standard InChI is InChI=1S/C12H21NO4/c1-9-12(15,4-6-17-9)8-13-11(14)10-3-2-5-16-7-10/h9-10,15H,2-8H2,1H3,(H,13,14). The molecule has 2 rings (SSSR count). The molecule has 2 fully saturated rings. The van der Waals surface area contributed by atoms with Gasteiger partial charge in [-0.2, -0.15) is 0 Å². The maximum Gasteiger partial charge on any atom is 0.225 e. The molecule has 0 spiro atoms. The Morgan fingerprint density at radius 2 is 2.35 bits per heavy atom. The molecule has 2 aliphatic heterocycles. The normalized spacial score (nSPS) is 38.0. The van der Waals surface area contributed by atoms with Crippen molar-refractivity contribution in [3.8, 4) is 0 Å². The molecule has 0 bridgehead atoms. The highest BCUT2D eigenvalue weighted by Gasteiger charge is 2.40. The summed E-state index contributed by atoms with van der Waals surface area (Å²) in [4.78, 5) is 11.9. The van der Waals surface area contributed by atoms with Crippen LogP contribution in [0, 0.1) is 5.92 Å². The molecule has 17 heavy (non-hydrogen) atoms. The van der Waals surface area contributed by atoms with Gasteiger partial charge in [0.2, 0.25) is 5.91 Å². The minimum absolute atomic E-state index is 0.0165. The second kappa shape index (κ2) is 5.33. The van der Waals surface area contributed by atoms with Crippen LogP contribution in [0.25, 0.3) is 0 Å². The average molecular weight is 243 g/mol. The Morgan fingerprint density at radius 1 is 1.53 bits per heavy atom. The first-order valence-electron chi connectivity index (χ1n) is 6.31. The van der Waals surface area contributed by atoms with Crippen molar-refractivity contribution in [1.82, 2.24) is 5.32 Å². The van der Waals surface area contributed by atoms with Gasteiger partial charge in [-0.25, -0.2) is 0 Å². The van der Waals surface area contributed by atoms with Crippen molar-refractivity contribution in [3.63, 3.8) is 0 Å². The van der Waals surface area contributed by atoms with Gasteiger partial charge in [-0.05, 0) is 19.8 Å². The van der Waals surface area contributed by atoms with Gasteiger partial charge in [-0.15, -0.1) is 0 Å². The van der Waals surface area contributed by atoms with E-state index < -0.39 is 5.60 Å². The van der Waals surface area contributed by atoms with Crippen LogP contribution in [-0.4, -0.2) is 49.1 Å². The summed E-state index contributed by atoms with van der Waals surface area (Å²) >= 11 is 0. The van der Waals surface area contributed by atoms with Crippen LogP contribution < -0.4 is 5.32 Å². The van der Waals surface area contributed by atoms with Crippen LogP contribution in [0.5, 0.6) is 0 Å². The Morgan fingerprint density at radius 3 is 2.94 bits per heavy atom. The van der Waals surface area contributed by atoms with Crippen molar-refractivity contribution >= 4 is 5.91 Å². The Bertz CT molecular complexity index is 278. The maximum absolute atomic E-state index is 11.9. The summed E-state index contributed by atoms with van der Waals surface area (Å²) in [5.74, 6) is -0.0813. The second-order valence-electron chi connectivity index (χ2n) is 5.00. The van der Waals surface area contributed by atoms with Crippen LogP contribution in [-0.2, 0) is 14.3 Å². The third-order valence-corrected chi connectivity index (χ3v) is 3.76. The van der Waals surface area contributed by atoms with Crippen LogP contribution in [0.1, 0.15) is 26.2 Å².